The second-order valence-corrected chi connectivity index (χ2v) is 9.20. The molecule has 0 radical (unpaired) electrons. The molecule has 0 bridgehead atoms. The van der Waals surface area contributed by atoms with Crippen molar-refractivity contribution in [1.29, 1.82) is 0 Å². The number of aliphatic hydroxyl groups is 1. The van der Waals surface area contributed by atoms with Gasteiger partial charge >= 0.3 is 0 Å². The lowest BCUT2D eigenvalue weighted by Gasteiger charge is -2.27. The number of amides is 1. The summed E-state index contributed by atoms with van der Waals surface area (Å²) in [6, 6.07) is 3.53. The first kappa shape index (κ1) is 22.3. The maximum absolute atomic E-state index is 14.5. The summed E-state index contributed by atoms with van der Waals surface area (Å²) in [6.45, 7) is 3.68. The number of nitrogens with two attached hydrogens (primary N) is 2. The number of rotatable bonds is 8. The second kappa shape index (κ2) is 8.78. The molecule has 3 rings (SSSR count). The molecule has 1 aliphatic heterocycles. The molecule has 0 saturated carbocycles. The summed E-state index contributed by atoms with van der Waals surface area (Å²) in [5.74, 6) is -2.38. The minimum absolute atomic E-state index is 0.0503. The van der Waals surface area contributed by atoms with E-state index in [0.29, 0.717) is 23.6 Å². The van der Waals surface area contributed by atoms with Gasteiger partial charge in [-0.15, -0.1) is 0 Å². The van der Waals surface area contributed by atoms with Crippen LogP contribution in [0.4, 0.5) is 14.5 Å². The zero-order chi connectivity index (χ0) is 22.1. The Morgan fingerprint density at radius 1 is 1.37 bits per heavy atom. The normalized spacial score (nSPS) is 17.0. The maximum Gasteiger partial charge on any atom is 0.268 e. The highest BCUT2D eigenvalue weighted by molar-refractivity contribution is 8.03. The molecule has 1 aromatic carbocycles. The number of halogens is 2. The van der Waals surface area contributed by atoms with Crippen LogP contribution in [-0.4, -0.2) is 27.6 Å². The van der Waals surface area contributed by atoms with Crippen LogP contribution in [0.15, 0.2) is 35.1 Å². The van der Waals surface area contributed by atoms with Gasteiger partial charge in [0.15, 0.2) is 0 Å². The number of thioether (sulfide) groups is 1. The van der Waals surface area contributed by atoms with E-state index in [1.165, 1.54) is 17.2 Å². The van der Waals surface area contributed by atoms with E-state index in [1.54, 1.807) is 13.8 Å². The SMILES string of the molecule is CC(C)(O)CCCOc1sncc1N1C(C(N)=O)=C(N)SC1c1c(F)cccc1F. The van der Waals surface area contributed by atoms with Crippen molar-refractivity contribution in [2.75, 3.05) is 11.5 Å². The summed E-state index contributed by atoms with van der Waals surface area (Å²) in [6.07, 6.45) is 2.52. The number of primary amides is 1. The number of hydrogen-bond donors (Lipinski definition) is 3. The third-order valence-electron chi connectivity index (χ3n) is 4.37. The molecule has 1 atom stereocenters. The van der Waals surface area contributed by atoms with Gasteiger partial charge in [0.05, 0.1) is 29.0 Å². The minimum atomic E-state index is -0.996. The fourth-order valence-electron chi connectivity index (χ4n) is 3.04. The number of aromatic nitrogens is 1. The lowest BCUT2D eigenvalue weighted by molar-refractivity contribution is -0.114. The monoisotopic (exact) mass is 456 g/mol. The maximum atomic E-state index is 14.5. The average Bonchev–Trinajstić information content (AvgIpc) is 3.21. The topological polar surface area (TPSA) is 115 Å². The fraction of sp³-hybridized carbons (Fsp3) is 0.368. The van der Waals surface area contributed by atoms with Gasteiger partial charge < -0.3 is 26.2 Å². The van der Waals surface area contributed by atoms with Crippen molar-refractivity contribution in [2.45, 2.75) is 37.7 Å². The van der Waals surface area contributed by atoms with E-state index in [9.17, 15) is 18.7 Å². The van der Waals surface area contributed by atoms with E-state index in [-0.39, 0.29) is 22.9 Å². The highest BCUT2D eigenvalue weighted by Crippen LogP contribution is 2.52. The van der Waals surface area contributed by atoms with Crippen molar-refractivity contribution < 1.29 is 23.4 Å². The third kappa shape index (κ3) is 4.68. The number of carbonyl (C=O) groups is 1. The van der Waals surface area contributed by atoms with Crippen molar-refractivity contribution in [3.8, 4) is 5.06 Å². The zero-order valence-corrected chi connectivity index (χ0v) is 18.0. The number of nitrogens with zero attached hydrogens (tertiary/aromatic N) is 2. The molecule has 1 unspecified atom stereocenters. The van der Waals surface area contributed by atoms with Crippen molar-refractivity contribution in [1.82, 2.24) is 4.37 Å². The third-order valence-corrected chi connectivity index (χ3v) is 6.19. The van der Waals surface area contributed by atoms with Crippen LogP contribution in [0.1, 0.15) is 37.6 Å². The molecule has 2 heterocycles. The molecular weight excluding hydrogens is 434 g/mol. The first-order valence-electron chi connectivity index (χ1n) is 9.09. The van der Waals surface area contributed by atoms with Crippen LogP contribution < -0.4 is 21.1 Å². The summed E-state index contributed by atoms with van der Waals surface area (Å²) >= 11 is 1.95. The molecule has 1 amide bonds. The van der Waals surface area contributed by atoms with Gasteiger partial charge in [-0.1, -0.05) is 17.8 Å². The van der Waals surface area contributed by atoms with Gasteiger partial charge in [-0.05, 0) is 38.8 Å². The summed E-state index contributed by atoms with van der Waals surface area (Å²) in [7, 11) is 0. The van der Waals surface area contributed by atoms with Crippen LogP contribution in [0.3, 0.4) is 0 Å². The lowest BCUT2D eigenvalue weighted by Crippen LogP contribution is -2.32. The van der Waals surface area contributed by atoms with Gasteiger partial charge in [-0.25, -0.2) is 8.78 Å². The minimum Gasteiger partial charge on any atom is -0.481 e. The quantitative estimate of drug-likeness (QED) is 0.523. The molecule has 2 aromatic rings. The van der Waals surface area contributed by atoms with E-state index in [2.05, 4.69) is 4.37 Å². The number of hydrogen-bond acceptors (Lipinski definition) is 8. The Hall–Kier alpha value is -2.37. The van der Waals surface area contributed by atoms with Gasteiger partial charge in [0.25, 0.3) is 5.91 Å². The van der Waals surface area contributed by atoms with E-state index in [0.717, 1.165) is 35.4 Å². The summed E-state index contributed by atoms with van der Waals surface area (Å²) in [4.78, 5) is 13.5. The van der Waals surface area contributed by atoms with Crippen molar-refractivity contribution >= 4 is 34.9 Å². The first-order valence-corrected chi connectivity index (χ1v) is 10.7. The van der Waals surface area contributed by atoms with E-state index in [4.69, 9.17) is 16.2 Å². The molecule has 0 fully saturated rings. The summed E-state index contributed by atoms with van der Waals surface area (Å²) < 4.78 is 38.9. The molecule has 11 heteroatoms. The standard InChI is InChI=1S/C19H22F2N4O3S2/c1-19(2,27)7-4-8-28-18-12(9-24-30-18)25-14(15(22)26)16(23)29-17(25)13-10(20)5-3-6-11(13)21/h3,5-6,9,17,27H,4,7-8,23H2,1-2H3,(H2,22,26). The van der Waals surface area contributed by atoms with Crippen LogP contribution in [0.2, 0.25) is 0 Å². The van der Waals surface area contributed by atoms with Crippen molar-refractivity contribution in [3.63, 3.8) is 0 Å². The summed E-state index contributed by atoms with van der Waals surface area (Å²) in [5, 5.41) is 9.22. The molecule has 30 heavy (non-hydrogen) atoms. The Bertz CT molecular complexity index is 955. The first-order chi connectivity index (χ1) is 14.1. The predicted octanol–water partition coefficient (Wildman–Crippen LogP) is 3.22. The molecule has 1 aromatic heterocycles. The average molecular weight is 457 g/mol. The largest absolute Gasteiger partial charge is 0.481 e. The number of benzene rings is 1. The van der Waals surface area contributed by atoms with Gasteiger partial charge in [-0.3, -0.25) is 4.79 Å². The Morgan fingerprint density at radius 2 is 2.03 bits per heavy atom. The Labute approximate surface area is 180 Å². The van der Waals surface area contributed by atoms with Crippen LogP contribution in [0, 0.1) is 11.6 Å². The number of carbonyl (C=O) groups excluding carboxylic acids is 1. The van der Waals surface area contributed by atoms with Crippen molar-refractivity contribution in [3.05, 3.63) is 52.3 Å². The van der Waals surface area contributed by atoms with E-state index < -0.39 is 28.5 Å². The van der Waals surface area contributed by atoms with Crippen LogP contribution >= 0.6 is 23.3 Å². The predicted molar refractivity (Wildman–Crippen MR) is 113 cm³/mol. The Balaban J connectivity index is 1.94. The lowest BCUT2D eigenvalue weighted by atomic mass is 10.0. The highest BCUT2D eigenvalue weighted by Gasteiger charge is 2.41. The highest BCUT2D eigenvalue weighted by atomic mass is 32.2. The molecule has 0 spiro atoms. The zero-order valence-electron chi connectivity index (χ0n) is 16.4. The summed E-state index contributed by atoms with van der Waals surface area (Å²) in [5.41, 5.74) is 10.7. The van der Waals surface area contributed by atoms with Crippen LogP contribution in [-0.2, 0) is 4.79 Å². The van der Waals surface area contributed by atoms with Crippen LogP contribution in [0.25, 0.3) is 0 Å². The van der Waals surface area contributed by atoms with E-state index >= 15 is 0 Å². The Kier molecular flexibility index (Phi) is 6.53. The molecular formula is C19H22F2N4O3S2. The molecule has 0 aliphatic carbocycles. The molecule has 0 saturated heterocycles. The number of ether oxygens (including phenoxy) is 1. The van der Waals surface area contributed by atoms with Gasteiger partial charge in [0.1, 0.15) is 28.4 Å². The molecule has 162 valence electrons. The van der Waals surface area contributed by atoms with Crippen molar-refractivity contribution in [2.24, 2.45) is 11.5 Å². The van der Waals surface area contributed by atoms with E-state index in [1.807, 2.05) is 0 Å². The molecule has 7 nitrogen and oxygen atoms in total. The van der Waals surface area contributed by atoms with Gasteiger partial charge in [0, 0.05) is 11.5 Å². The van der Waals surface area contributed by atoms with Crippen LogP contribution in [0.5, 0.6) is 5.06 Å². The smallest absolute Gasteiger partial charge is 0.268 e. The molecule has 1 aliphatic rings. The number of anilines is 1. The fourth-order valence-corrected chi connectivity index (χ4v) is 4.89. The molecule has 5 N–H and O–H groups in total. The van der Waals surface area contributed by atoms with Gasteiger partial charge in [-0.2, -0.15) is 4.37 Å². The van der Waals surface area contributed by atoms with Gasteiger partial charge in [0.2, 0.25) is 5.06 Å². The Morgan fingerprint density at radius 3 is 2.63 bits per heavy atom. The second-order valence-electron chi connectivity index (χ2n) is 7.32.